The number of nitrogen functional groups attached to an aromatic ring is 1. The average molecular weight is 1170 g/mol. The number of hydrogen-bond donors (Lipinski definition) is 6. The number of pyridine rings is 2. The van der Waals surface area contributed by atoms with Crippen LogP contribution in [0.5, 0.6) is 5.75 Å². The number of nitrogens with one attached hydrogen (secondary N) is 5. The van der Waals surface area contributed by atoms with E-state index >= 15 is 0 Å². The molecule has 0 unspecified atom stereocenters. The molecule has 21 nitrogen and oxygen atoms in total. The minimum absolute atomic E-state index is 0.000559. The van der Waals surface area contributed by atoms with Gasteiger partial charge in [0.25, 0.3) is 17.7 Å². The molecule has 0 atom stereocenters. The molecule has 0 aliphatic rings. The SMILES string of the molecule is N#Cc1cc(Nc2nc(C(=O)NCc3cccc4cccnc34)c3cccc(OC(F)(F)F)c3n2)cc2c(C(=O)NCc3cccc4cccnc34)nc(Nc3cc(I)c4nc(N)nc(C(=O)NCc5ncccn5)c4c3)nc12. The first kappa shape index (κ1) is 50.8. The number of carbonyl (C=O) groups excluding carboxylic acids is 3. The molecule has 25 heteroatoms. The van der Waals surface area contributed by atoms with Gasteiger partial charge in [-0.05, 0) is 82.2 Å². The Morgan fingerprint density at radius 1 is 0.557 bits per heavy atom. The third-order valence-electron chi connectivity index (χ3n) is 12.1. The van der Waals surface area contributed by atoms with Crippen molar-refractivity contribution in [1.29, 1.82) is 5.26 Å². The molecule has 79 heavy (non-hydrogen) atoms. The third-order valence-corrected chi connectivity index (χ3v) is 12.9. The van der Waals surface area contributed by atoms with Crippen LogP contribution >= 0.6 is 22.6 Å². The number of hydrogen-bond acceptors (Lipinski definition) is 18. The number of rotatable bonds is 14. The molecule has 7 N–H and O–H groups in total. The summed E-state index contributed by atoms with van der Waals surface area (Å²) < 4.78 is 46.5. The van der Waals surface area contributed by atoms with Gasteiger partial charge in [-0.1, -0.05) is 60.7 Å². The second-order valence-corrected chi connectivity index (χ2v) is 18.4. The lowest BCUT2D eigenvalue weighted by molar-refractivity contribution is -0.274. The number of halogens is 4. The van der Waals surface area contributed by atoms with Crippen molar-refractivity contribution in [2.75, 3.05) is 16.4 Å². The lowest BCUT2D eigenvalue weighted by Gasteiger charge is -2.16. The summed E-state index contributed by atoms with van der Waals surface area (Å²) in [4.78, 5) is 86.5. The quantitative estimate of drug-likeness (QED) is 0.0555. The summed E-state index contributed by atoms with van der Waals surface area (Å²) in [5, 5.41) is 27.2. The standard InChI is InChI=1S/C54H35F3IN17O4/c55-54(56,57)79-38-14-3-13-34-44(38)73-53(74-45(34)48(76)65-24-29-9-1-7-27-11-4-15-63-40(27)29)68-32-19-31(23-59)42-35(20-32)47(50(78)66-25-30-10-2-8-28-12-5-16-64-41(28)30)75-52(72-42)69-33-21-36-43(37(58)22-33)70-51(60)71-46(36)49(77)67-26-39-61-17-6-18-62-39/h1-22H,24-26H2,(H,65,76)(H,66,78)(H,67,77)(H2,60,70,71)(H,68,73,74)(H,69,72,75). The van der Waals surface area contributed by atoms with Crippen LogP contribution in [0.25, 0.3) is 54.5 Å². The molecule has 0 saturated carbocycles. The van der Waals surface area contributed by atoms with Crippen LogP contribution in [0.4, 0.5) is 42.4 Å². The first-order chi connectivity index (χ1) is 38.2. The molecule has 0 radical (unpaired) electrons. The average Bonchev–Trinajstić information content (AvgIpc) is 3.58. The third kappa shape index (κ3) is 10.9. The van der Waals surface area contributed by atoms with Crippen LogP contribution in [0.1, 0.15) is 54.0 Å². The lowest BCUT2D eigenvalue weighted by Crippen LogP contribution is -2.25. The van der Waals surface area contributed by atoms with Crippen molar-refractivity contribution in [1.82, 2.24) is 65.8 Å². The Morgan fingerprint density at radius 3 is 1.68 bits per heavy atom. The summed E-state index contributed by atoms with van der Waals surface area (Å²) in [6, 6.07) is 31.8. The van der Waals surface area contributed by atoms with Gasteiger partial charge in [0.2, 0.25) is 17.8 Å². The molecule has 388 valence electrons. The highest BCUT2D eigenvalue weighted by Gasteiger charge is 2.33. The number of nitrogens with two attached hydrogens (primary N) is 1. The zero-order valence-electron chi connectivity index (χ0n) is 40.5. The summed E-state index contributed by atoms with van der Waals surface area (Å²) in [7, 11) is 0. The fourth-order valence-electron chi connectivity index (χ4n) is 8.69. The summed E-state index contributed by atoms with van der Waals surface area (Å²) in [5.41, 5.74) is 8.37. The van der Waals surface area contributed by atoms with Crippen LogP contribution < -0.4 is 37.1 Å². The van der Waals surface area contributed by atoms with Gasteiger partial charge in [0, 0.05) is 79.8 Å². The highest BCUT2D eigenvalue weighted by Crippen LogP contribution is 2.35. The molecule has 11 aromatic rings. The number of aromatic nitrogens is 10. The molecular weight excluding hydrogens is 1130 g/mol. The van der Waals surface area contributed by atoms with Gasteiger partial charge in [0.15, 0.2) is 5.75 Å². The van der Waals surface area contributed by atoms with E-state index in [4.69, 9.17) is 10.7 Å². The maximum atomic E-state index is 14.6. The van der Waals surface area contributed by atoms with E-state index in [1.807, 2.05) is 59.0 Å². The molecule has 0 spiro atoms. The Morgan fingerprint density at radius 2 is 1.08 bits per heavy atom. The normalized spacial score (nSPS) is 11.4. The van der Waals surface area contributed by atoms with Crippen LogP contribution in [0.15, 0.2) is 134 Å². The predicted molar refractivity (Wildman–Crippen MR) is 293 cm³/mol. The van der Waals surface area contributed by atoms with Gasteiger partial charge in [-0.3, -0.25) is 24.4 Å². The largest absolute Gasteiger partial charge is 0.573 e. The van der Waals surface area contributed by atoms with Gasteiger partial charge < -0.3 is 37.1 Å². The number of amides is 3. The van der Waals surface area contributed by atoms with E-state index in [1.165, 1.54) is 24.3 Å². The van der Waals surface area contributed by atoms with E-state index in [1.54, 1.807) is 67.3 Å². The molecule has 3 amide bonds. The number of nitriles is 1. The van der Waals surface area contributed by atoms with E-state index < -0.39 is 29.8 Å². The smallest absolute Gasteiger partial charge is 0.403 e. The number of anilines is 5. The highest BCUT2D eigenvalue weighted by molar-refractivity contribution is 14.1. The fraction of sp³-hybridized carbons (Fsp3) is 0.0741. The van der Waals surface area contributed by atoms with E-state index in [-0.39, 0.29) is 87.6 Å². The van der Waals surface area contributed by atoms with Crippen molar-refractivity contribution >= 4 is 124 Å². The monoisotopic (exact) mass is 1170 g/mol. The molecule has 5 aromatic carbocycles. The number of fused-ring (bicyclic) bond motifs is 5. The van der Waals surface area contributed by atoms with Crippen molar-refractivity contribution in [3.63, 3.8) is 0 Å². The number of carbonyl (C=O) groups is 3. The van der Waals surface area contributed by atoms with E-state index in [0.29, 0.717) is 48.1 Å². The van der Waals surface area contributed by atoms with Gasteiger partial charge >= 0.3 is 6.36 Å². The lowest BCUT2D eigenvalue weighted by atomic mass is 10.1. The number of nitrogens with zero attached hydrogens (tertiary/aromatic N) is 11. The summed E-state index contributed by atoms with van der Waals surface area (Å²) in [5.74, 6) is -3.11. The van der Waals surface area contributed by atoms with Gasteiger partial charge in [-0.15, -0.1) is 13.2 Å². The minimum atomic E-state index is -5.14. The molecule has 11 rings (SSSR count). The van der Waals surface area contributed by atoms with E-state index in [0.717, 1.165) is 16.8 Å². The van der Waals surface area contributed by atoms with E-state index in [9.17, 15) is 32.8 Å². The number of ether oxygens (including phenoxy) is 1. The molecule has 6 heterocycles. The van der Waals surface area contributed by atoms with Crippen molar-refractivity contribution in [3.05, 3.63) is 177 Å². The van der Waals surface area contributed by atoms with Crippen molar-refractivity contribution in [2.24, 2.45) is 0 Å². The van der Waals surface area contributed by atoms with Gasteiger partial charge in [0.05, 0.1) is 34.2 Å². The number of alkyl halides is 3. The number of para-hydroxylation sites is 3. The Kier molecular flexibility index (Phi) is 13.7. The Bertz CT molecular complexity index is 4310. The molecule has 6 aromatic heterocycles. The van der Waals surface area contributed by atoms with Crippen molar-refractivity contribution in [3.8, 4) is 11.8 Å². The zero-order valence-corrected chi connectivity index (χ0v) is 42.6. The second-order valence-electron chi connectivity index (χ2n) is 17.3. The Labute approximate surface area is 456 Å². The summed E-state index contributed by atoms with van der Waals surface area (Å²) >= 11 is 2.03. The van der Waals surface area contributed by atoms with Crippen LogP contribution in [0.2, 0.25) is 0 Å². The van der Waals surface area contributed by atoms with Gasteiger partial charge in [-0.2, -0.15) is 5.26 Å². The van der Waals surface area contributed by atoms with Crippen LogP contribution in [0, 0.1) is 14.9 Å². The van der Waals surface area contributed by atoms with E-state index in [2.05, 4.69) is 82.2 Å². The molecule has 0 fully saturated rings. The molecule has 0 aliphatic heterocycles. The van der Waals surface area contributed by atoms with Crippen molar-refractivity contribution in [2.45, 2.75) is 26.0 Å². The molecule has 0 aliphatic carbocycles. The van der Waals surface area contributed by atoms with Gasteiger partial charge in [-0.25, -0.2) is 39.9 Å². The summed E-state index contributed by atoms with van der Waals surface area (Å²) in [6.07, 6.45) is 1.19. The fourth-order valence-corrected chi connectivity index (χ4v) is 9.44. The zero-order chi connectivity index (χ0) is 54.8. The minimum Gasteiger partial charge on any atom is -0.403 e. The Balaban J connectivity index is 0.986. The topological polar surface area (TPSA) is 299 Å². The molecular formula is C54H35F3IN17O4. The maximum absolute atomic E-state index is 14.6. The Hall–Kier alpha value is -10.4. The van der Waals surface area contributed by atoms with Crippen LogP contribution in [-0.4, -0.2) is 73.9 Å². The molecule has 0 saturated heterocycles. The summed E-state index contributed by atoms with van der Waals surface area (Å²) in [6.45, 7) is -0.0444. The van der Waals surface area contributed by atoms with Crippen LogP contribution in [0.3, 0.4) is 0 Å². The second kappa shape index (κ2) is 21.3. The van der Waals surface area contributed by atoms with Gasteiger partial charge in [0.1, 0.15) is 34.5 Å². The highest BCUT2D eigenvalue weighted by atomic mass is 127. The predicted octanol–water partition coefficient (Wildman–Crippen LogP) is 8.64. The van der Waals surface area contributed by atoms with Crippen LogP contribution in [-0.2, 0) is 19.6 Å². The number of benzene rings is 5. The maximum Gasteiger partial charge on any atom is 0.573 e. The van der Waals surface area contributed by atoms with Crippen molar-refractivity contribution < 1.29 is 32.3 Å². The molecule has 0 bridgehead atoms. The first-order valence-corrected chi connectivity index (χ1v) is 24.7. The first-order valence-electron chi connectivity index (χ1n) is 23.6.